The summed E-state index contributed by atoms with van der Waals surface area (Å²) in [6.07, 6.45) is 5.37. The molecule has 1 saturated heterocycles. The van der Waals surface area contributed by atoms with E-state index in [9.17, 15) is 9.90 Å². The van der Waals surface area contributed by atoms with Gasteiger partial charge in [-0.15, -0.1) is 0 Å². The highest BCUT2D eigenvalue weighted by Gasteiger charge is 2.26. The average Bonchev–Trinajstić information content (AvgIpc) is 2.96. The second-order valence-corrected chi connectivity index (χ2v) is 6.19. The highest BCUT2D eigenvalue weighted by Crippen LogP contribution is 2.32. The van der Waals surface area contributed by atoms with Crippen LogP contribution in [0.5, 0.6) is 0 Å². The molecule has 5 heteroatoms. The smallest absolute Gasteiger partial charge is 0.347 e. The van der Waals surface area contributed by atoms with E-state index in [1.165, 1.54) is 30.6 Å². The molecule has 106 valence electrons. The maximum absolute atomic E-state index is 11.2. The van der Waals surface area contributed by atoms with Crippen molar-refractivity contribution in [1.82, 2.24) is 4.98 Å². The first kappa shape index (κ1) is 14.3. The summed E-state index contributed by atoms with van der Waals surface area (Å²) in [7, 11) is 0. The Balaban J connectivity index is 2.12. The number of aromatic carboxylic acids is 1. The molecule has 0 aliphatic carbocycles. The van der Waals surface area contributed by atoms with Crippen molar-refractivity contribution >= 4 is 22.4 Å². The molecule has 0 bridgehead atoms. The number of aryl methyl sites for hydroxylation is 1. The van der Waals surface area contributed by atoms with Crippen molar-refractivity contribution in [3.63, 3.8) is 0 Å². The van der Waals surface area contributed by atoms with E-state index < -0.39 is 5.97 Å². The number of anilines is 1. The number of thiazole rings is 1. The SMILES string of the molecule is CCCc1nc(N2CCC(CCC)C2)sc1C(=O)O. The van der Waals surface area contributed by atoms with E-state index in [-0.39, 0.29) is 0 Å². The van der Waals surface area contributed by atoms with Gasteiger partial charge >= 0.3 is 5.97 Å². The van der Waals surface area contributed by atoms with Crippen LogP contribution in [0.4, 0.5) is 5.13 Å². The second kappa shape index (κ2) is 6.37. The van der Waals surface area contributed by atoms with Gasteiger partial charge in [-0.05, 0) is 25.2 Å². The highest BCUT2D eigenvalue weighted by atomic mass is 32.1. The Kier molecular flexibility index (Phi) is 4.80. The molecule has 2 rings (SSSR count). The molecule has 1 unspecified atom stereocenters. The van der Waals surface area contributed by atoms with Gasteiger partial charge in [-0.25, -0.2) is 9.78 Å². The number of carboxylic acid groups (broad SMARTS) is 1. The summed E-state index contributed by atoms with van der Waals surface area (Å²) in [4.78, 5) is 18.5. The monoisotopic (exact) mass is 282 g/mol. The molecule has 1 aromatic heterocycles. The zero-order valence-electron chi connectivity index (χ0n) is 11.7. The number of nitrogens with zero attached hydrogens (tertiary/aromatic N) is 2. The van der Waals surface area contributed by atoms with E-state index >= 15 is 0 Å². The van der Waals surface area contributed by atoms with Gasteiger partial charge in [0.05, 0.1) is 5.69 Å². The van der Waals surface area contributed by atoms with Gasteiger partial charge < -0.3 is 10.0 Å². The van der Waals surface area contributed by atoms with E-state index in [2.05, 4.69) is 23.7 Å². The second-order valence-electron chi connectivity index (χ2n) is 5.22. The fraction of sp³-hybridized carbons (Fsp3) is 0.714. The van der Waals surface area contributed by atoms with Crippen LogP contribution in [0.15, 0.2) is 0 Å². The highest BCUT2D eigenvalue weighted by molar-refractivity contribution is 7.17. The Morgan fingerprint density at radius 2 is 2.26 bits per heavy atom. The summed E-state index contributed by atoms with van der Waals surface area (Å²) in [6, 6.07) is 0. The molecule has 0 saturated carbocycles. The molecule has 0 amide bonds. The van der Waals surface area contributed by atoms with Gasteiger partial charge in [0.15, 0.2) is 5.13 Å². The third-order valence-electron chi connectivity index (χ3n) is 3.62. The molecule has 0 spiro atoms. The quantitative estimate of drug-likeness (QED) is 0.868. The van der Waals surface area contributed by atoms with Gasteiger partial charge in [-0.1, -0.05) is 38.0 Å². The lowest BCUT2D eigenvalue weighted by Gasteiger charge is -2.14. The normalized spacial score (nSPS) is 19.1. The molecule has 1 atom stereocenters. The average molecular weight is 282 g/mol. The predicted octanol–water partition coefficient (Wildman–Crippen LogP) is 3.42. The summed E-state index contributed by atoms with van der Waals surface area (Å²) in [5.74, 6) is -0.0895. The molecular weight excluding hydrogens is 260 g/mol. The van der Waals surface area contributed by atoms with Crippen LogP contribution >= 0.6 is 11.3 Å². The topological polar surface area (TPSA) is 53.4 Å². The summed E-state index contributed by atoms with van der Waals surface area (Å²) in [5, 5.41) is 10.1. The summed E-state index contributed by atoms with van der Waals surface area (Å²) in [6.45, 7) is 6.32. The van der Waals surface area contributed by atoms with Gasteiger partial charge in [0.25, 0.3) is 0 Å². The summed E-state index contributed by atoms with van der Waals surface area (Å²) >= 11 is 1.34. The van der Waals surface area contributed by atoms with E-state index in [1.54, 1.807) is 0 Å². The first-order valence-electron chi connectivity index (χ1n) is 7.13. The van der Waals surface area contributed by atoms with Gasteiger partial charge in [-0.2, -0.15) is 0 Å². The summed E-state index contributed by atoms with van der Waals surface area (Å²) < 4.78 is 0. The van der Waals surface area contributed by atoms with Crippen molar-refractivity contribution in [1.29, 1.82) is 0 Å². The standard InChI is InChI=1S/C14H22N2O2S/c1-3-5-10-7-8-16(9-10)14-15-11(6-4-2)12(19-14)13(17)18/h10H,3-9H2,1-2H3,(H,17,18). The van der Waals surface area contributed by atoms with Crippen LogP contribution < -0.4 is 4.90 Å². The Morgan fingerprint density at radius 1 is 1.47 bits per heavy atom. The predicted molar refractivity (Wildman–Crippen MR) is 78.3 cm³/mol. The van der Waals surface area contributed by atoms with Crippen molar-refractivity contribution in [3.05, 3.63) is 10.6 Å². The van der Waals surface area contributed by atoms with Crippen molar-refractivity contribution < 1.29 is 9.90 Å². The molecule has 0 aromatic carbocycles. The van der Waals surface area contributed by atoms with Crippen LogP contribution in [0.3, 0.4) is 0 Å². The largest absolute Gasteiger partial charge is 0.477 e. The van der Waals surface area contributed by atoms with Gasteiger partial charge in [-0.3, -0.25) is 0 Å². The fourth-order valence-electron chi connectivity index (χ4n) is 2.70. The van der Waals surface area contributed by atoms with E-state index in [4.69, 9.17) is 0 Å². The zero-order chi connectivity index (χ0) is 13.8. The lowest BCUT2D eigenvalue weighted by atomic mass is 10.0. The Labute approximate surface area is 118 Å². The molecule has 19 heavy (non-hydrogen) atoms. The number of rotatable bonds is 6. The number of carboxylic acids is 1. The third-order valence-corrected chi connectivity index (χ3v) is 4.77. The first-order valence-corrected chi connectivity index (χ1v) is 7.95. The maximum Gasteiger partial charge on any atom is 0.347 e. The van der Waals surface area contributed by atoms with E-state index in [0.717, 1.165) is 42.7 Å². The minimum Gasteiger partial charge on any atom is -0.477 e. The summed E-state index contributed by atoms with van der Waals surface area (Å²) in [5.41, 5.74) is 0.758. The van der Waals surface area contributed by atoms with Crippen LogP contribution in [0, 0.1) is 5.92 Å². The van der Waals surface area contributed by atoms with Crippen molar-refractivity contribution in [2.24, 2.45) is 5.92 Å². The third kappa shape index (κ3) is 3.26. The molecule has 1 N–H and O–H groups in total. The Hall–Kier alpha value is -1.10. The fourth-order valence-corrected chi connectivity index (χ4v) is 3.68. The lowest BCUT2D eigenvalue weighted by molar-refractivity contribution is 0.0700. The molecule has 1 fully saturated rings. The minimum atomic E-state index is -0.837. The van der Waals surface area contributed by atoms with Crippen molar-refractivity contribution in [2.75, 3.05) is 18.0 Å². The van der Waals surface area contributed by atoms with Crippen molar-refractivity contribution in [3.8, 4) is 0 Å². The molecule has 1 aliphatic rings. The first-order chi connectivity index (χ1) is 9.15. The zero-order valence-corrected chi connectivity index (χ0v) is 12.5. The number of hydrogen-bond acceptors (Lipinski definition) is 4. The molecule has 1 aromatic rings. The maximum atomic E-state index is 11.2. The molecule has 4 nitrogen and oxygen atoms in total. The number of aromatic nitrogens is 1. The Bertz CT molecular complexity index is 445. The molecule has 0 radical (unpaired) electrons. The number of hydrogen-bond donors (Lipinski definition) is 1. The Morgan fingerprint density at radius 3 is 2.89 bits per heavy atom. The van der Waals surface area contributed by atoms with Crippen LogP contribution in [-0.2, 0) is 6.42 Å². The van der Waals surface area contributed by atoms with E-state index in [1.807, 2.05) is 0 Å². The molecular formula is C14H22N2O2S. The molecule has 2 heterocycles. The van der Waals surface area contributed by atoms with Crippen LogP contribution in [0.2, 0.25) is 0 Å². The van der Waals surface area contributed by atoms with Gasteiger partial charge in [0.1, 0.15) is 4.88 Å². The molecule has 1 aliphatic heterocycles. The van der Waals surface area contributed by atoms with Gasteiger partial charge in [0.2, 0.25) is 0 Å². The minimum absolute atomic E-state index is 0.427. The van der Waals surface area contributed by atoms with Crippen LogP contribution in [0.25, 0.3) is 0 Å². The van der Waals surface area contributed by atoms with Gasteiger partial charge in [0, 0.05) is 13.1 Å². The van der Waals surface area contributed by atoms with Crippen molar-refractivity contribution in [2.45, 2.75) is 46.0 Å². The van der Waals surface area contributed by atoms with Crippen LogP contribution in [-0.4, -0.2) is 29.1 Å². The number of carbonyl (C=O) groups is 1. The van der Waals surface area contributed by atoms with E-state index in [0.29, 0.717) is 4.88 Å². The van der Waals surface area contributed by atoms with Crippen LogP contribution in [0.1, 0.15) is 54.9 Å². The lowest BCUT2D eigenvalue weighted by Crippen LogP contribution is -2.19.